The summed E-state index contributed by atoms with van der Waals surface area (Å²) >= 11 is 0. The van der Waals surface area contributed by atoms with Gasteiger partial charge in [0.05, 0.1) is 0 Å². The molecule has 2 fully saturated rings. The fourth-order valence-electron chi connectivity index (χ4n) is 2.84. The van der Waals surface area contributed by atoms with E-state index in [1.807, 2.05) is 0 Å². The van der Waals surface area contributed by atoms with Crippen LogP contribution in [0.2, 0.25) is 0 Å². The van der Waals surface area contributed by atoms with Gasteiger partial charge in [-0.3, -0.25) is 4.79 Å². The van der Waals surface area contributed by atoms with Gasteiger partial charge in [-0.05, 0) is 44.9 Å². The van der Waals surface area contributed by atoms with Crippen molar-refractivity contribution in [2.45, 2.75) is 63.1 Å². The van der Waals surface area contributed by atoms with Gasteiger partial charge in [0.2, 0.25) is 5.91 Å². The summed E-state index contributed by atoms with van der Waals surface area (Å²) in [6.07, 6.45) is 6.95. The molecule has 16 heavy (non-hydrogen) atoms. The van der Waals surface area contributed by atoms with Gasteiger partial charge < -0.3 is 16.8 Å². The molecule has 0 bridgehead atoms. The summed E-state index contributed by atoms with van der Waals surface area (Å²) in [5, 5.41) is 3.15. The number of carbonyl (C=O) groups excluding carboxylic acids is 1. The minimum Gasteiger partial charge on any atom is -0.353 e. The third kappa shape index (κ3) is 2.95. The third-order valence-electron chi connectivity index (χ3n) is 3.96. The van der Waals surface area contributed by atoms with Crippen LogP contribution in [0.15, 0.2) is 0 Å². The lowest BCUT2D eigenvalue weighted by molar-refractivity contribution is -0.125. The van der Waals surface area contributed by atoms with E-state index in [1.54, 1.807) is 0 Å². The Labute approximate surface area is 97.1 Å². The minimum absolute atomic E-state index is 0.158. The van der Waals surface area contributed by atoms with Crippen molar-refractivity contribution < 1.29 is 4.79 Å². The van der Waals surface area contributed by atoms with Gasteiger partial charge >= 0.3 is 0 Å². The predicted molar refractivity (Wildman–Crippen MR) is 63.7 cm³/mol. The van der Waals surface area contributed by atoms with E-state index in [1.165, 1.54) is 0 Å². The highest BCUT2D eigenvalue weighted by Gasteiger charge is 2.29. The van der Waals surface area contributed by atoms with E-state index in [0.717, 1.165) is 44.9 Å². The van der Waals surface area contributed by atoms with Crippen molar-refractivity contribution in [3.8, 4) is 0 Å². The number of carbonyl (C=O) groups is 1. The average Bonchev–Trinajstić information content (AvgIpc) is 2.68. The summed E-state index contributed by atoms with van der Waals surface area (Å²) in [6, 6.07) is 0.924. The highest BCUT2D eigenvalue weighted by atomic mass is 16.1. The van der Waals surface area contributed by atoms with Crippen LogP contribution in [0, 0.1) is 5.92 Å². The molecule has 5 N–H and O–H groups in total. The Morgan fingerprint density at radius 3 is 2.12 bits per heavy atom. The van der Waals surface area contributed by atoms with Gasteiger partial charge in [0, 0.05) is 24.0 Å². The number of rotatable bonds is 2. The van der Waals surface area contributed by atoms with Crippen molar-refractivity contribution in [1.82, 2.24) is 5.32 Å². The molecule has 2 rings (SSSR count). The second-order valence-electron chi connectivity index (χ2n) is 5.39. The average molecular weight is 225 g/mol. The molecule has 0 radical (unpaired) electrons. The van der Waals surface area contributed by atoms with Crippen LogP contribution in [-0.4, -0.2) is 24.0 Å². The zero-order chi connectivity index (χ0) is 11.5. The van der Waals surface area contributed by atoms with Crippen molar-refractivity contribution in [2.24, 2.45) is 17.4 Å². The van der Waals surface area contributed by atoms with Crippen LogP contribution in [0.25, 0.3) is 0 Å². The molecule has 2 atom stereocenters. The predicted octanol–water partition coefficient (Wildman–Crippen LogP) is 0.500. The van der Waals surface area contributed by atoms with Gasteiger partial charge in [0.25, 0.3) is 0 Å². The monoisotopic (exact) mass is 225 g/mol. The molecule has 0 heterocycles. The van der Waals surface area contributed by atoms with Gasteiger partial charge in [0.15, 0.2) is 0 Å². The second-order valence-corrected chi connectivity index (χ2v) is 5.39. The second kappa shape index (κ2) is 5.15. The Bertz CT molecular complexity index is 249. The van der Waals surface area contributed by atoms with Crippen LogP contribution in [0.3, 0.4) is 0 Å². The van der Waals surface area contributed by atoms with Crippen molar-refractivity contribution in [3.63, 3.8) is 0 Å². The normalized spacial score (nSPS) is 39.6. The van der Waals surface area contributed by atoms with Crippen LogP contribution < -0.4 is 16.8 Å². The molecule has 0 aromatic heterocycles. The van der Waals surface area contributed by atoms with Crippen LogP contribution in [0.5, 0.6) is 0 Å². The summed E-state index contributed by atoms with van der Waals surface area (Å²) < 4.78 is 0. The van der Waals surface area contributed by atoms with Crippen molar-refractivity contribution in [3.05, 3.63) is 0 Å². The lowest BCUT2D eigenvalue weighted by Gasteiger charge is -2.27. The molecular formula is C12H23N3O. The molecule has 0 aromatic rings. The van der Waals surface area contributed by atoms with Crippen LogP contribution in [-0.2, 0) is 4.79 Å². The van der Waals surface area contributed by atoms with Gasteiger partial charge in [-0.15, -0.1) is 0 Å². The molecule has 2 saturated carbocycles. The lowest BCUT2D eigenvalue weighted by atomic mass is 9.91. The van der Waals surface area contributed by atoms with Crippen molar-refractivity contribution in [1.29, 1.82) is 0 Å². The number of nitrogens with one attached hydrogen (secondary N) is 1. The maximum atomic E-state index is 11.9. The fraction of sp³-hybridized carbons (Fsp3) is 0.917. The SMILES string of the molecule is NC1CCC(NC(=O)C2CCC(N)C2)CC1. The van der Waals surface area contributed by atoms with Gasteiger partial charge in [-0.25, -0.2) is 0 Å². The van der Waals surface area contributed by atoms with E-state index < -0.39 is 0 Å². The van der Waals surface area contributed by atoms with Crippen molar-refractivity contribution >= 4 is 5.91 Å². The summed E-state index contributed by atoms with van der Waals surface area (Å²) in [6.45, 7) is 0. The van der Waals surface area contributed by atoms with Crippen LogP contribution in [0.1, 0.15) is 44.9 Å². The molecule has 0 aliphatic heterocycles. The van der Waals surface area contributed by atoms with Gasteiger partial charge in [-0.2, -0.15) is 0 Å². The number of hydrogen-bond acceptors (Lipinski definition) is 3. The maximum Gasteiger partial charge on any atom is 0.223 e. The topological polar surface area (TPSA) is 81.1 Å². The first-order chi connectivity index (χ1) is 7.65. The molecule has 0 saturated heterocycles. The lowest BCUT2D eigenvalue weighted by Crippen LogP contribution is -2.42. The zero-order valence-corrected chi connectivity index (χ0v) is 9.82. The Morgan fingerprint density at radius 2 is 1.56 bits per heavy atom. The summed E-state index contributed by atoms with van der Waals surface area (Å²) in [7, 11) is 0. The third-order valence-corrected chi connectivity index (χ3v) is 3.96. The molecule has 2 aliphatic rings. The molecule has 0 spiro atoms. The molecular weight excluding hydrogens is 202 g/mol. The summed E-state index contributed by atoms with van der Waals surface area (Å²) in [5.41, 5.74) is 11.7. The van der Waals surface area contributed by atoms with E-state index in [-0.39, 0.29) is 17.9 Å². The van der Waals surface area contributed by atoms with Crippen molar-refractivity contribution in [2.75, 3.05) is 0 Å². The fourth-order valence-corrected chi connectivity index (χ4v) is 2.84. The van der Waals surface area contributed by atoms with E-state index in [4.69, 9.17) is 11.5 Å². The number of hydrogen-bond donors (Lipinski definition) is 3. The minimum atomic E-state index is 0.158. The zero-order valence-electron chi connectivity index (χ0n) is 9.82. The Hall–Kier alpha value is -0.610. The van der Waals surface area contributed by atoms with Gasteiger partial charge in [-0.1, -0.05) is 0 Å². The summed E-state index contributed by atoms with van der Waals surface area (Å²) in [4.78, 5) is 11.9. The van der Waals surface area contributed by atoms with E-state index >= 15 is 0 Å². The Kier molecular flexibility index (Phi) is 3.82. The molecule has 0 aromatic carbocycles. The first-order valence-electron chi connectivity index (χ1n) is 6.46. The largest absolute Gasteiger partial charge is 0.353 e. The van der Waals surface area contributed by atoms with Gasteiger partial charge in [0.1, 0.15) is 0 Å². The number of nitrogens with two attached hydrogens (primary N) is 2. The first kappa shape index (κ1) is 11.9. The van der Waals surface area contributed by atoms with Crippen LogP contribution >= 0.6 is 0 Å². The van der Waals surface area contributed by atoms with Crippen LogP contribution in [0.4, 0.5) is 0 Å². The maximum absolute atomic E-state index is 11.9. The standard InChI is InChI=1S/C12H23N3O/c13-9-3-5-11(6-4-9)15-12(16)8-1-2-10(14)7-8/h8-11H,1-7,13-14H2,(H,15,16). The smallest absolute Gasteiger partial charge is 0.223 e. The van der Waals surface area contributed by atoms with E-state index in [9.17, 15) is 4.79 Å². The Balaban J connectivity index is 1.75. The van der Waals surface area contributed by atoms with E-state index in [2.05, 4.69) is 5.32 Å². The highest BCUT2D eigenvalue weighted by molar-refractivity contribution is 5.79. The molecule has 4 nitrogen and oxygen atoms in total. The Morgan fingerprint density at radius 1 is 0.938 bits per heavy atom. The summed E-state index contributed by atoms with van der Waals surface area (Å²) in [5.74, 6) is 0.374. The quantitative estimate of drug-likeness (QED) is 0.640. The van der Waals surface area contributed by atoms with E-state index in [0.29, 0.717) is 12.1 Å². The number of amides is 1. The molecule has 2 aliphatic carbocycles. The molecule has 4 heteroatoms. The highest BCUT2D eigenvalue weighted by Crippen LogP contribution is 2.25. The molecule has 92 valence electrons. The molecule has 1 amide bonds. The molecule has 2 unspecified atom stereocenters. The first-order valence-corrected chi connectivity index (χ1v) is 6.46.